The van der Waals surface area contributed by atoms with Crippen molar-refractivity contribution in [2.75, 3.05) is 12.8 Å². The monoisotopic (exact) mass is 411 g/mol. The van der Waals surface area contributed by atoms with Gasteiger partial charge in [0.1, 0.15) is 12.6 Å². The Hall–Kier alpha value is -1.78. The molecule has 0 aromatic carbocycles. The van der Waals surface area contributed by atoms with Gasteiger partial charge in [-0.25, -0.2) is 13.4 Å². The summed E-state index contributed by atoms with van der Waals surface area (Å²) < 4.78 is 31.7. The highest BCUT2D eigenvalue weighted by Gasteiger charge is 2.37. The number of sulfonamides is 1. The first kappa shape index (κ1) is 18.6. The smallest absolute Gasteiger partial charge is 0.324 e. The summed E-state index contributed by atoms with van der Waals surface area (Å²) in [5.74, 6) is -0.592. The number of esters is 1. The van der Waals surface area contributed by atoms with E-state index in [1.807, 2.05) is 0 Å². The fourth-order valence-corrected chi connectivity index (χ4v) is 6.18. The van der Waals surface area contributed by atoms with Crippen LogP contribution in [0.25, 0.3) is 4.96 Å². The van der Waals surface area contributed by atoms with E-state index in [-0.39, 0.29) is 12.2 Å². The van der Waals surface area contributed by atoms with Gasteiger partial charge in [0.2, 0.25) is 10.0 Å². The molecule has 0 N–H and O–H groups in total. The van der Waals surface area contributed by atoms with Crippen molar-refractivity contribution in [2.45, 2.75) is 51.2 Å². The van der Waals surface area contributed by atoms with Gasteiger partial charge < -0.3 is 4.74 Å². The minimum absolute atomic E-state index is 0.138. The number of aromatic nitrogens is 2. The predicted molar refractivity (Wildman–Crippen MR) is 100 cm³/mol. The van der Waals surface area contributed by atoms with Crippen LogP contribution in [0.1, 0.15) is 41.9 Å². The number of fused-ring (bicyclic) bond motifs is 3. The third-order valence-electron chi connectivity index (χ3n) is 5.08. The first-order chi connectivity index (χ1) is 12.8. The number of hydrogen-bond donors (Lipinski definition) is 0. The Bertz CT molecular complexity index is 1060. The zero-order valence-electron chi connectivity index (χ0n) is 15.0. The molecule has 1 fully saturated rings. The van der Waals surface area contributed by atoms with Gasteiger partial charge >= 0.3 is 5.97 Å². The minimum atomic E-state index is -3.45. The van der Waals surface area contributed by atoms with Crippen LogP contribution in [0.5, 0.6) is 0 Å². The van der Waals surface area contributed by atoms with E-state index < -0.39 is 22.0 Å². The van der Waals surface area contributed by atoms with Gasteiger partial charge in [-0.1, -0.05) is 0 Å². The van der Waals surface area contributed by atoms with Crippen molar-refractivity contribution >= 4 is 32.3 Å². The Morgan fingerprint density at radius 3 is 2.89 bits per heavy atom. The molecule has 146 valence electrons. The number of hydrogen-bond acceptors (Lipinski definition) is 7. The average Bonchev–Trinajstić information content (AvgIpc) is 3.23. The summed E-state index contributed by atoms with van der Waals surface area (Å²) in [6.07, 6.45) is 6.20. The second kappa shape index (κ2) is 6.99. The van der Waals surface area contributed by atoms with Crippen molar-refractivity contribution < 1.29 is 17.9 Å². The number of carbonyl (C=O) groups is 1. The predicted octanol–water partition coefficient (Wildman–Crippen LogP) is 1.10. The topological polar surface area (TPSA) is 98.0 Å². The van der Waals surface area contributed by atoms with Crippen LogP contribution in [-0.4, -0.2) is 46.9 Å². The van der Waals surface area contributed by atoms with E-state index in [9.17, 15) is 18.0 Å². The average molecular weight is 412 g/mol. The molecule has 0 bridgehead atoms. The van der Waals surface area contributed by atoms with Crippen molar-refractivity contribution in [2.24, 2.45) is 0 Å². The summed E-state index contributed by atoms with van der Waals surface area (Å²) in [6.45, 7) is 0.187. The molecular formula is C17H21N3O5S2. The summed E-state index contributed by atoms with van der Waals surface area (Å²) in [6, 6.07) is 0.601. The summed E-state index contributed by atoms with van der Waals surface area (Å²) in [5, 5.41) is 0. The summed E-state index contributed by atoms with van der Waals surface area (Å²) in [7, 11) is -3.45. The maximum Gasteiger partial charge on any atom is 0.324 e. The molecule has 0 saturated carbocycles. The lowest BCUT2D eigenvalue weighted by molar-refractivity contribution is -0.148. The molecule has 8 nitrogen and oxygen atoms in total. The Morgan fingerprint density at radius 1 is 1.33 bits per heavy atom. The Labute approximate surface area is 160 Å². The van der Waals surface area contributed by atoms with Gasteiger partial charge in [-0.05, 0) is 38.5 Å². The molecule has 27 heavy (non-hydrogen) atoms. The van der Waals surface area contributed by atoms with Crippen molar-refractivity contribution in [1.82, 2.24) is 13.7 Å². The largest absolute Gasteiger partial charge is 0.458 e. The fraction of sp³-hybridized carbons (Fsp3) is 0.588. The second-order valence-corrected chi connectivity index (χ2v) is 10.0. The number of rotatable bonds is 4. The highest BCUT2D eigenvalue weighted by Crippen LogP contribution is 2.28. The van der Waals surface area contributed by atoms with Gasteiger partial charge in [-0.2, -0.15) is 4.31 Å². The highest BCUT2D eigenvalue weighted by atomic mass is 32.2. The van der Waals surface area contributed by atoms with Crippen LogP contribution < -0.4 is 5.56 Å². The first-order valence-electron chi connectivity index (χ1n) is 9.01. The third kappa shape index (κ3) is 3.53. The quantitative estimate of drug-likeness (QED) is 0.699. The lowest BCUT2D eigenvalue weighted by Crippen LogP contribution is -2.40. The lowest BCUT2D eigenvalue weighted by Gasteiger charge is -2.20. The molecule has 2 aromatic rings. The molecule has 1 aliphatic carbocycles. The molecule has 0 amide bonds. The molecule has 1 aliphatic heterocycles. The van der Waals surface area contributed by atoms with Gasteiger partial charge in [0, 0.05) is 23.2 Å². The van der Waals surface area contributed by atoms with Crippen LogP contribution in [0.3, 0.4) is 0 Å². The lowest BCUT2D eigenvalue weighted by atomic mass is 10.0. The van der Waals surface area contributed by atoms with Gasteiger partial charge in [-0.15, -0.1) is 11.3 Å². The van der Waals surface area contributed by atoms with Crippen molar-refractivity contribution in [1.29, 1.82) is 0 Å². The molecule has 0 unspecified atom stereocenters. The van der Waals surface area contributed by atoms with Crippen LogP contribution in [0.2, 0.25) is 0 Å². The number of ether oxygens (including phenoxy) is 1. The highest BCUT2D eigenvalue weighted by molar-refractivity contribution is 7.88. The van der Waals surface area contributed by atoms with E-state index in [0.717, 1.165) is 37.6 Å². The number of thiazole rings is 1. The van der Waals surface area contributed by atoms with E-state index >= 15 is 0 Å². The number of carbonyl (C=O) groups excluding carboxylic acids is 1. The Morgan fingerprint density at radius 2 is 2.11 bits per heavy atom. The summed E-state index contributed by atoms with van der Waals surface area (Å²) >= 11 is 1.52. The Kier molecular flexibility index (Phi) is 4.81. The maximum atomic E-state index is 12.5. The molecule has 2 aromatic heterocycles. The summed E-state index contributed by atoms with van der Waals surface area (Å²) in [5.41, 5.74) is 1.27. The van der Waals surface area contributed by atoms with Crippen molar-refractivity contribution in [3.8, 4) is 0 Å². The number of nitrogens with zero attached hydrogens (tertiary/aromatic N) is 3. The van der Waals surface area contributed by atoms with Crippen LogP contribution in [-0.2, 0) is 39.0 Å². The Balaban J connectivity index is 1.52. The summed E-state index contributed by atoms with van der Waals surface area (Å²) in [4.78, 5) is 31.2. The molecule has 1 saturated heterocycles. The molecule has 4 rings (SSSR count). The van der Waals surface area contributed by atoms with Gasteiger partial charge in [-0.3, -0.25) is 14.0 Å². The van der Waals surface area contributed by atoms with E-state index in [0.29, 0.717) is 30.0 Å². The van der Waals surface area contributed by atoms with Gasteiger partial charge in [0.15, 0.2) is 4.96 Å². The first-order valence-corrected chi connectivity index (χ1v) is 11.7. The van der Waals surface area contributed by atoms with E-state index in [1.165, 1.54) is 26.6 Å². The van der Waals surface area contributed by atoms with Crippen LogP contribution in [0, 0.1) is 0 Å². The van der Waals surface area contributed by atoms with E-state index in [2.05, 4.69) is 4.98 Å². The van der Waals surface area contributed by atoms with Crippen LogP contribution in [0.15, 0.2) is 10.9 Å². The third-order valence-corrected chi connectivity index (χ3v) is 7.51. The fourth-order valence-electron chi connectivity index (χ4n) is 3.83. The minimum Gasteiger partial charge on any atom is -0.458 e. The van der Waals surface area contributed by atoms with Crippen molar-refractivity contribution in [3.63, 3.8) is 0 Å². The zero-order valence-corrected chi connectivity index (χ0v) is 16.6. The molecule has 2 aliphatic rings. The molecule has 1 atom stereocenters. The standard InChI is InChI=1S/C17H21N3O5S2/c1-27(23,24)19-8-4-6-13(19)16(22)25-10-11-9-15(21)20-12-5-2-3-7-14(12)26-17(20)18-11/h9,13H,2-8,10H2,1H3/t13-/m0/s1. The van der Waals surface area contributed by atoms with Crippen LogP contribution in [0.4, 0.5) is 0 Å². The number of aryl methyl sites for hydroxylation is 2. The molecular weight excluding hydrogens is 390 g/mol. The normalized spacial score (nSPS) is 20.7. The molecule has 10 heteroatoms. The zero-order chi connectivity index (χ0) is 19.2. The van der Waals surface area contributed by atoms with Crippen molar-refractivity contribution in [3.05, 3.63) is 32.7 Å². The second-order valence-electron chi connectivity index (χ2n) is 7.02. The molecule has 0 radical (unpaired) electrons. The van der Waals surface area contributed by atoms with Crippen LogP contribution >= 0.6 is 11.3 Å². The van der Waals surface area contributed by atoms with E-state index in [1.54, 1.807) is 4.40 Å². The van der Waals surface area contributed by atoms with Gasteiger partial charge in [0.05, 0.1) is 11.9 Å². The van der Waals surface area contributed by atoms with Gasteiger partial charge in [0.25, 0.3) is 5.56 Å². The molecule has 0 spiro atoms. The van der Waals surface area contributed by atoms with E-state index in [4.69, 9.17) is 4.74 Å². The SMILES string of the molecule is CS(=O)(=O)N1CCC[C@H]1C(=O)OCc1cc(=O)n2c3c(sc2n1)CCCC3. The maximum absolute atomic E-state index is 12.5. The molecule has 3 heterocycles.